The van der Waals surface area contributed by atoms with Crippen LogP contribution in [0.1, 0.15) is 35.9 Å². The Morgan fingerprint density at radius 1 is 1.10 bits per heavy atom. The molecule has 0 fully saturated rings. The van der Waals surface area contributed by atoms with Crippen molar-refractivity contribution in [3.63, 3.8) is 0 Å². The number of hydrogen-bond donors (Lipinski definition) is 0. The highest BCUT2D eigenvalue weighted by Gasteiger charge is 2.10. The number of aromatic nitrogens is 2. The predicted molar refractivity (Wildman–Crippen MR) is 84.5 cm³/mol. The van der Waals surface area contributed by atoms with Crippen LogP contribution in [0, 0.1) is 20.8 Å². The van der Waals surface area contributed by atoms with Crippen LogP contribution in [0.25, 0.3) is 0 Å². The third-order valence-electron chi connectivity index (χ3n) is 3.27. The lowest BCUT2D eigenvalue weighted by molar-refractivity contribution is 0.450. The second kappa shape index (κ2) is 6.35. The fraction of sp³-hybridized carbons (Fsp3) is 0.375. The molecule has 0 amide bonds. The van der Waals surface area contributed by atoms with E-state index in [1.807, 2.05) is 6.92 Å². The van der Waals surface area contributed by atoms with Crippen molar-refractivity contribution in [2.45, 2.75) is 40.5 Å². The van der Waals surface area contributed by atoms with E-state index >= 15 is 0 Å². The number of aryl methyl sites for hydroxylation is 3. The van der Waals surface area contributed by atoms with Gasteiger partial charge < -0.3 is 4.74 Å². The van der Waals surface area contributed by atoms with E-state index < -0.39 is 0 Å². The van der Waals surface area contributed by atoms with Crippen molar-refractivity contribution in [3.05, 3.63) is 45.3 Å². The van der Waals surface area contributed by atoms with Gasteiger partial charge in [-0.15, -0.1) is 0 Å². The van der Waals surface area contributed by atoms with Crippen molar-refractivity contribution in [1.29, 1.82) is 0 Å². The summed E-state index contributed by atoms with van der Waals surface area (Å²) in [6, 6.07) is 5.98. The summed E-state index contributed by atoms with van der Waals surface area (Å²) in [6.07, 6.45) is 1.86. The van der Waals surface area contributed by atoms with Crippen molar-refractivity contribution in [2.75, 3.05) is 0 Å². The van der Waals surface area contributed by atoms with E-state index in [4.69, 9.17) is 4.74 Å². The van der Waals surface area contributed by atoms with Gasteiger partial charge in [-0.05, 0) is 59.8 Å². The zero-order valence-corrected chi connectivity index (χ0v) is 13.9. The SMILES string of the molecule is CCCc1nc(Br)cc(Oc2c(C)ccc(C)c2C)n1. The molecule has 0 aliphatic carbocycles. The van der Waals surface area contributed by atoms with Gasteiger partial charge >= 0.3 is 0 Å². The lowest BCUT2D eigenvalue weighted by Gasteiger charge is -2.13. The quantitative estimate of drug-likeness (QED) is 0.745. The summed E-state index contributed by atoms with van der Waals surface area (Å²) in [6.45, 7) is 8.31. The third kappa shape index (κ3) is 3.37. The highest BCUT2D eigenvalue weighted by Crippen LogP contribution is 2.30. The molecular formula is C16H19BrN2O. The molecule has 20 heavy (non-hydrogen) atoms. The highest BCUT2D eigenvalue weighted by atomic mass is 79.9. The Labute approximate surface area is 128 Å². The molecule has 2 rings (SSSR count). The molecule has 1 aromatic heterocycles. The van der Waals surface area contributed by atoms with Crippen LogP contribution in [0.2, 0.25) is 0 Å². The van der Waals surface area contributed by atoms with Gasteiger partial charge in [-0.1, -0.05) is 19.1 Å². The summed E-state index contributed by atoms with van der Waals surface area (Å²) in [7, 11) is 0. The minimum absolute atomic E-state index is 0.590. The highest BCUT2D eigenvalue weighted by molar-refractivity contribution is 9.10. The molecule has 0 N–H and O–H groups in total. The van der Waals surface area contributed by atoms with Gasteiger partial charge in [0.25, 0.3) is 0 Å². The molecule has 1 aromatic carbocycles. The molecule has 0 radical (unpaired) electrons. The van der Waals surface area contributed by atoms with Crippen LogP contribution >= 0.6 is 15.9 Å². The minimum Gasteiger partial charge on any atom is -0.438 e. The van der Waals surface area contributed by atoms with Crippen molar-refractivity contribution >= 4 is 15.9 Å². The third-order valence-corrected chi connectivity index (χ3v) is 3.68. The van der Waals surface area contributed by atoms with E-state index in [0.29, 0.717) is 5.88 Å². The molecule has 4 heteroatoms. The Balaban J connectivity index is 2.37. The second-order valence-electron chi connectivity index (χ2n) is 4.95. The van der Waals surface area contributed by atoms with Crippen LogP contribution in [0.4, 0.5) is 0 Å². The van der Waals surface area contributed by atoms with E-state index in [1.165, 1.54) is 5.56 Å². The minimum atomic E-state index is 0.590. The van der Waals surface area contributed by atoms with Gasteiger partial charge in [-0.3, -0.25) is 0 Å². The largest absolute Gasteiger partial charge is 0.438 e. The second-order valence-corrected chi connectivity index (χ2v) is 5.76. The maximum absolute atomic E-state index is 6.01. The molecule has 1 heterocycles. The normalized spacial score (nSPS) is 10.7. The molecular weight excluding hydrogens is 316 g/mol. The number of benzene rings is 1. The summed E-state index contributed by atoms with van der Waals surface area (Å²) in [5.74, 6) is 2.28. The summed E-state index contributed by atoms with van der Waals surface area (Å²) < 4.78 is 6.77. The fourth-order valence-electron chi connectivity index (χ4n) is 2.02. The van der Waals surface area contributed by atoms with Crippen LogP contribution in [0.5, 0.6) is 11.6 Å². The number of rotatable bonds is 4. The fourth-order valence-corrected chi connectivity index (χ4v) is 2.42. The Hall–Kier alpha value is -1.42. The van der Waals surface area contributed by atoms with E-state index in [2.05, 4.69) is 58.8 Å². The van der Waals surface area contributed by atoms with Crippen molar-refractivity contribution < 1.29 is 4.74 Å². The Bertz CT molecular complexity index is 626. The van der Waals surface area contributed by atoms with Gasteiger partial charge in [-0.25, -0.2) is 4.98 Å². The molecule has 3 nitrogen and oxygen atoms in total. The van der Waals surface area contributed by atoms with Crippen LogP contribution in [0.15, 0.2) is 22.8 Å². The molecule has 2 aromatic rings. The number of hydrogen-bond acceptors (Lipinski definition) is 3. The summed E-state index contributed by atoms with van der Waals surface area (Å²) in [5.41, 5.74) is 3.48. The first-order valence-corrected chi connectivity index (χ1v) is 7.58. The van der Waals surface area contributed by atoms with E-state index in [-0.39, 0.29) is 0 Å². The number of halogens is 1. The van der Waals surface area contributed by atoms with Gasteiger partial charge in [0.15, 0.2) is 0 Å². The summed E-state index contributed by atoms with van der Waals surface area (Å²) in [4.78, 5) is 8.82. The zero-order valence-electron chi connectivity index (χ0n) is 12.3. The molecule has 0 bridgehead atoms. The molecule has 0 saturated heterocycles. The van der Waals surface area contributed by atoms with Gasteiger partial charge in [0.2, 0.25) is 5.88 Å². The molecule has 0 aliphatic rings. The maximum Gasteiger partial charge on any atom is 0.223 e. The molecule has 0 aliphatic heterocycles. The van der Waals surface area contributed by atoms with Gasteiger partial charge in [0, 0.05) is 12.5 Å². The Morgan fingerprint density at radius 2 is 1.80 bits per heavy atom. The van der Waals surface area contributed by atoms with Crippen LogP contribution in [-0.4, -0.2) is 9.97 Å². The molecule has 0 unspecified atom stereocenters. The van der Waals surface area contributed by atoms with Crippen molar-refractivity contribution in [1.82, 2.24) is 9.97 Å². The lowest BCUT2D eigenvalue weighted by atomic mass is 10.1. The topological polar surface area (TPSA) is 35.0 Å². The van der Waals surface area contributed by atoms with Crippen LogP contribution < -0.4 is 4.74 Å². The smallest absolute Gasteiger partial charge is 0.223 e. The molecule has 0 saturated carbocycles. The van der Waals surface area contributed by atoms with Gasteiger partial charge in [-0.2, -0.15) is 4.98 Å². The monoisotopic (exact) mass is 334 g/mol. The number of ether oxygens (including phenoxy) is 1. The Morgan fingerprint density at radius 3 is 2.50 bits per heavy atom. The van der Waals surface area contributed by atoms with E-state index in [0.717, 1.165) is 40.1 Å². The standard InChI is InChI=1S/C16H19BrN2O/c1-5-6-14-18-13(17)9-15(19-14)20-16-11(3)8-7-10(2)12(16)4/h7-9H,5-6H2,1-4H3. The summed E-state index contributed by atoms with van der Waals surface area (Å²) >= 11 is 3.42. The average molecular weight is 335 g/mol. The first-order chi connectivity index (χ1) is 9.51. The average Bonchev–Trinajstić information content (AvgIpc) is 2.39. The van der Waals surface area contributed by atoms with Gasteiger partial charge in [0.1, 0.15) is 16.2 Å². The predicted octanol–water partition coefficient (Wildman–Crippen LogP) is 4.91. The van der Waals surface area contributed by atoms with Crippen molar-refractivity contribution in [2.24, 2.45) is 0 Å². The van der Waals surface area contributed by atoms with Crippen molar-refractivity contribution in [3.8, 4) is 11.6 Å². The lowest BCUT2D eigenvalue weighted by Crippen LogP contribution is -2.00. The summed E-state index contributed by atoms with van der Waals surface area (Å²) in [5, 5.41) is 0. The molecule has 0 atom stereocenters. The van der Waals surface area contributed by atoms with Crippen LogP contribution in [-0.2, 0) is 6.42 Å². The van der Waals surface area contributed by atoms with E-state index in [9.17, 15) is 0 Å². The van der Waals surface area contributed by atoms with Crippen LogP contribution in [0.3, 0.4) is 0 Å². The molecule has 106 valence electrons. The number of nitrogens with zero attached hydrogens (tertiary/aromatic N) is 2. The first kappa shape index (κ1) is 15.0. The maximum atomic E-state index is 6.01. The zero-order chi connectivity index (χ0) is 14.7. The van der Waals surface area contributed by atoms with Gasteiger partial charge in [0.05, 0.1) is 0 Å². The molecule has 0 spiro atoms. The Kier molecular flexibility index (Phi) is 4.76. The van der Waals surface area contributed by atoms with E-state index in [1.54, 1.807) is 6.07 Å². The first-order valence-electron chi connectivity index (χ1n) is 6.79.